The van der Waals surface area contributed by atoms with Crippen molar-refractivity contribution in [3.63, 3.8) is 0 Å². The van der Waals surface area contributed by atoms with E-state index in [1.807, 2.05) is 12.1 Å². The molecule has 1 aliphatic heterocycles. The maximum absolute atomic E-state index is 5.92. The third-order valence-corrected chi connectivity index (χ3v) is 3.95. The zero-order valence-corrected chi connectivity index (χ0v) is 11.1. The highest BCUT2D eigenvalue weighted by Crippen LogP contribution is 2.32. The Morgan fingerprint density at radius 3 is 2.35 bits per heavy atom. The fourth-order valence-electron chi connectivity index (χ4n) is 2.21. The van der Waals surface area contributed by atoms with Crippen molar-refractivity contribution in [3.8, 4) is 5.75 Å². The van der Waals surface area contributed by atoms with E-state index in [-0.39, 0.29) is 6.29 Å². The Labute approximate surface area is 104 Å². The first kappa shape index (κ1) is 12.4. The van der Waals surface area contributed by atoms with Crippen LogP contribution in [0.15, 0.2) is 24.3 Å². The van der Waals surface area contributed by atoms with Crippen molar-refractivity contribution in [2.24, 2.45) is 17.8 Å². The lowest BCUT2D eigenvalue weighted by Gasteiger charge is -2.38. The Balaban J connectivity index is 2.01. The van der Waals surface area contributed by atoms with E-state index in [0.717, 1.165) is 12.4 Å². The van der Waals surface area contributed by atoms with E-state index in [9.17, 15) is 0 Å². The van der Waals surface area contributed by atoms with Gasteiger partial charge in [-0.05, 0) is 30.9 Å². The summed E-state index contributed by atoms with van der Waals surface area (Å²) < 4.78 is 11.7. The average Bonchev–Trinajstić information content (AvgIpc) is 2.33. The first-order chi connectivity index (χ1) is 8.08. The lowest BCUT2D eigenvalue weighted by molar-refractivity contribution is -0.171. The quantitative estimate of drug-likeness (QED) is 0.778. The summed E-state index contributed by atoms with van der Waals surface area (Å²) in [6.45, 7) is 9.60. The summed E-state index contributed by atoms with van der Waals surface area (Å²) in [5.74, 6) is 2.58. The molecular weight excluding hydrogens is 212 g/mol. The van der Waals surface area contributed by atoms with Gasteiger partial charge in [0.15, 0.2) is 0 Å². The van der Waals surface area contributed by atoms with Crippen LogP contribution in [-0.4, -0.2) is 12.9 Å². The smallest absolute Gasteiger partial charge is 0.202 e. The summed E-state index contributed by atoms with van der Waals surface area (Å²) in [5, 5.41) is 0. The minimum Gasteiger partial charge on any atom is -0.465 e. The average molecular weight is 234 g/mol. The molecule has 1 aromatic rings. The molecule has 0 radical (unpaired) electrons. The molecule has 1 saturated heterocycles. The maximum atomic E-state index is 5.92. The van der Waals surface area contributed by atoms with E-state index < -0.39 is 0 Å². The van der Waals surface area contributed by atoms with Crippen LogP contribution in [0.2, 0.25) is 0 Å². The van der Waals surface area contributed by atoms with Gasteiger partial charge in [0.05, 0.1) is 6.61 Å². The molecule has 0 spiro atoms. The molecule has 0 aliphatic carbocycles. The van der Waals surface area contributed by atoms with E-state index >= 15 is 0 Å². The molecule has 1 aliphatic rings. The Morgan fingerprint density at radius 1 is 1.06 bits per heavy atom. The third kappa shape index (κ3) is 2.81. The second kappa shape index (κ2) is 5.09. The van der Waals surface area contributed by atoms with Crippen molar-refractivity contribution in [2.45, 2.75) is 34.0 Å². The Hall–Kier alpha value is -1.02. The van der Waals surface area contributed by atoms with Crippen LogP contribution in [0.25, 0.3) is 0 Å². The van der Waals surface area contributed by atoms with Gasteiger partial charge in [0.1, 0.15) is 5.75 Å². The van der Waals surface area contributed by atoms with E-state index in [4.69, 9.17) is 9.47 Å². The zero-order valence-electron chi connectivity index (χ0n) is 11.1. The number of hydrogen-bond donors (Lipinski definition) is 0. The third-order valence-electron chi connectivity index (χ3n) is 3.95. The standard InChI is InChI=1S/C15H22O2/c1-10-5-7-14(8-6-10)17-15-13(4)12(3)11(2)9-16-15/h5-8,11-13,15H,9H2,1-4H3. The van der Waals surface area contributed by atoms with Crippen LogP contribution in [-0.2, 0) is 4.74 Å². The molecule has 4 atom stereocenters. The van der Waals surface area contributed by atoms with Gasteiger partial charge in [0, 0.05) is 5.92 Å². The van der Waals surface area contributed by atoms with Crippen LogP contribution in [0.5, 0.6) is 5.75 Å². The fourth-order valence-corrected chi connectivity index (χ4v) is 2.21. The number of aryl methyl sites for hydroxylation is 1. The number of benzene rings is 1. The van der Waals surface area contributed by atoms with Crippen LogP contribution in [0.3, 0.4) is 0 Å². The van der Waals surface area contributed by atoms with Gasteiger partial charge in [-0.25, -0.2) is 0 Å². The summed E-state index contributed by atoms with van der Waals surface area (Å²) in [4.78, 5) is 0. The van der Waals surface area contributed by atoms with Crippen LogP contribution in [0.1, 0.15) is 26.3 Å². The monoisotopic (exact) mass is 234 g/mol. The first-order valence-corrected chi connectivity index (χ1v) is 6.43. The summed E-state index contributed by atoms with van der Waals surface area (Å²) in [6.07, 6.45) is -0.107. The molecule has 2 heteroatoms. The number of hydrogen-bond acceptors (Lipinski definition) is 2. The SMILES string of the molecule is Cc1ccc(OC2OCC(C)C(C)C2C)cc1. The van der Waals surface area contributed by atoms with Crippen molar-refractivity contribution in [2.75, 3.05) is 6.61 Å². The van der Waals surface area contributed by atoms with Crippen LogP contribution in [0.4, 0.5) is 0 Å². The van der Waals surface area contributed by atoms with Gasteiger partial charge < -0.3 is 9.47 Å². The molecule has 4 unspecified atom stereocenters. The lowest BCUT2D eigenvalue weighted by Crippen LogP contribution is -2.41. The summed E-state index contributed by atoms with van der Waals surface area (Å²) in [6, 6.07) is 8.14. The minimum atomic E-state index is -0.107. The van der Waals surface area contributed by atoms with Crippen molar-refractivity contribution in [1.82, 2.24) is 0 Å². The Kier molecular flexibility index (Phi) is 3.72. The van der Waals surface area contributed by atoms with Gasteiger partial charge in [-0.2, -0.15) is 0 Å². The van der Waals surface area contributed by atoms with E-state index in [0.29, 0.717) is 17.8 Å². The van der Waals surface area contributed by atoms with Gasteiger partial charge in [-0.3, -0.25) is 0 Å². The Morgan fingerprint density at radius 2 is 1.71 bits per heavy atom. The molecule has 0 aromatic heterocycles. The molecule has 1 heterocycles. The topological polar surface area (TPSA) is 18.5 Å². The van der Waals surface area contributed by atoms with E-state index in [1.54, 1.807) is 0 Å². The molecule has 2 nitrogen and oxygen atoms in total. The normalized spacial score (nSPS) is 33.4. The molecule has 0 N–H and O–H groups in total. The van der Waals surface area contributed by atoms with Crippen molar-refractivity contribution < 1.29 is 9.47 Å². The number of rotatable bonds is 2. The highest BCUT2D eigenvalue weighted by Gasteiger charge is 2.33. The van der Waals surface area contributed by atoms with Crippen LogP contribution in [0, 0.1) is 24.7 Å². The van der Waals surface area contributed by atoms with Crippen molar-refractivity contribution in [1.29, 1.82) is 0 Å². The zero-order chi connectivity index (χ0) is 12.4. The lowest BCUT2D eigenvalue weighted by atomic mass is 9.83. The second-order valence-corrected chi connectivity index (χ2v) is 5.33. The van der Waals surface area contributed by atoms with E-state index in [1.165, 1.54) is 5.56 Å². The van der Waals surface area contributed by atoms with Gasteiger partial charge in [-0.15, -0.1) is 0 Å². The van der Waals surface area contributed by atoms with Crippen molar-refractivity contribution in [3.05, 3.63) is 29.8 Å². The molecular formula is C15H22O2. The fraction of sp³-hybridized carbons (Fsp3) is 0.600. The van der Waals surface area contributed by atoms with Gasteiger partial charge in [0.25, 0.3) is 0 Å². The summed E-state index contributed by atoms with van der Waals surface area (Å²) >= 11 is 0. The van der Waals surface area contributed by atoms with Crippen molar-refractivity contribution >= 4 is 0 Å². The van der Waals surface area contributed by atoms with Crippen LogP contribution >= 0.6 is 0 Å². The second-order valence-electron chi connectivity index (χ2n) is 5.33. The molecule has 0 amide bonds. The molecule has 17 heavy (non-hydrogen) atoms. The molecule has 94 valence electrons. The molecule has 1 fully saturated rings. The highest BCUT2D eigenvalue weighted by atomic mass is 16.7. The molecule has 2 rings (SSSR count). The molecule has 1 aromatic carbocycles. The summed E-state index contributed by atoms with van der Waals surface area (Å²) in [5.41, 5.74) is 1.25. The highest BCUT2D eigenvalue weighted by molar-refractivity contribution is 5.26. The van der Waals surface area contributed by atoms with Crippen LogP contribution < -0.4 is 4.74 Å². The molecule has 0 bridgehead atoms. The predicted molar refractivity (Wildman–Crippen MR) is 69.0 cm³/mol. The van der Waals surface area contributed by atoms with Gasteiger partial charge in [0.2, 0.25) is 6.29 Å². The largest absolute Gasteiger partial charge is 0.465 e. The summed E-state index contributed by atoms with van der Waals surface area (Å²) in [7, 11) is 0. The first-order valence-electron chi connectivity index (χ1n) is 6.43. The molecule has 0 saturated carbocycles. The van der Waals surface area contributed by atoms with E-state index in [2.05, 4.69) is 39.8 Å². The predicted octanol–water partition coefficient (Wildman–Crippen LogP) is 3.64. The minimum absolute atomic E-state index is 0.107. The van der Waals surface area contributed by atoms with Gasteiger partial charge >= 0.3 is 0 Å². The van der Waals surface area contributed by atoms with Gasteiger partial charge in [-0.1, -0.05) is 38.5 Å². The Bertz CT molecular complexity index is 358. The maximum Gasteiger partial charge on any atom is 0.202 e. The number of ether oxygens (including phenoxy) is 2.